The Kier molecular flexibility index (Phi) is 4.83. The van der Waals surface area contributed by atoms with Gasteiger partial charge in [0.25, 0.3) is 0 Å². The lowest BCUT2D eigenvalue weighted by Gasteiger charge is -2.11. The standard InChI is InChI=1S/C12H19N7O/c1-4-14-10-15-11(19-6-5-13-9-19)17-12(16-10)20-8-7-18(2)3/h5-6,9H,4,7-8H2,1-3H3,(H,14,15,16,17). The number of rotatable bonds is 7. The highest BCUT2D eigenvalue weighted by Gasteiger charge is 2.08. The Morgan fingerprint density at radius 2 is 2.15 bits per heavy atom. The first-order valence-corrected chi connectivity index (χ1v) is 6.45. The fraction of sp³-hybridized carbons (Fsp3) is 0.500. The van der Waals surface area contributed by atoms with Crippen LogP contribution in [0.2, 0.25) is 0 Å². The molecule has 0 aliphatic rings. The van der Waals surface area contributed by atoms with Gasteiger partial charge in [-0.2, -0.15) is 15.0 Å². The molecule has 0 spiro atoms. The van der Waals surface area contributed by atoms with Gasteiger partial charge in [-0.15, -0.1) is 0 Å². The van der Waals surface area contributed by atoms with Gasteiger partial charge in [0.1, 0.15) is 12.9 Å². The van der Waals surface area contributed by atoms with E-state index in [9.17, 15) is 0 Å². The minimum absolute atomic E-state index is 0.307. The number of nitrogens with zero attached hydrogens (tertiary/aromatic N) is 6. The summed E-state index contributed by atoms with van der Waals surface area (Å²) in [5, 5.41) is 3.06. The fourth-order valence-electron chi connectivity index (χ4n) is 1.46. The summed E-state index contributed by atoms with van der Waals surface area (Å²) in [5.74, 6) is 0.972. The number of likely N-dealkylation sites (N-methyl/N-ethyl adjacent to an activating group) is 1. The van der Waals surface area contributed by atoms with Crippen LogP contribution in [0.15, 0.2) is 18.7 Å². The lowest BCUT2D eigenvalue weighted by atomic mass is 10.6. The lowest BCUT2D eigenvalue weighted by molar-refractivity contribution is 0.245. The largest absolute Gasteiger partial charge is 0.462 e. The number of hydrogen-bond acceptors (Lipinski definition) is 7. The molecule has 2 aromatic heterocycles. The molecule has 0 aliphatic heterocycles. The first-order valence-electron chi connectivity index (χ1n) is 6.45. The third kappa shape index (κ3) is 3.89. The van der Waals surface area contributed by atoms with Crippen molar-refractivity contribution in [1.82, 2.24) is 29.4 Å². The van der Waals surface area contributed by atoms with E-state index in [2.05, 4.69) is 25.3 Å². The minimum atomic E-state index is 0.307. The molecule has 0 unspecified atom stereocenters. The molecule has 0 saturated carbocycles. The maximum absolute atomic E-state index is 5.56. The Morgan fingerprint density at radius 1 is 1.30 bits per heavy atom. The van der Waals surface area contributed by atoms with Crippen LogP contribution in [0.5, 0.6) is 6.01 Å². The molecular formula is C12H19N7O. The van der Waals surface area contributed by atoms with Gasteiger partial charge in [0.15, 0.2) is 0 Å². The van der Waals surface area contributed by atoms with Gasteiger partial charge in [0.05, 0.1) is 0 Å². The predicted octanol–water partition coefficient (Wildman–Crippen LogP) is 0.429. The monoisotopic (exact) mass is 277 g/mol. The first-order chi connectivity index (χ1) is 9.69. The van der Waals surface area contributed by atoms with Crippen LogP contribution in [0, 0.1) is 0 Å². The summed E-state index contributed by atoms with van der Waals surface area (Å²) in [7, 11) is 3.97. The van der Waals surface area contributed by atoms with Gasteiger partial charge in [-0.3, -0.25) is 4.57 Å². The van der Waals surface area contributed by atoms with Gasteiger partial charge in [-0.1, -0.05) is 0 Å². The summed E-state index contributed by atoms with van der Waals surface area (Å²) in [6.07, 6.45) is 5.08. The fourth-order valence-corrected chi connectivity index (χ4v) is 1.46. The molecule has 108 valence electrons. The average molecular weight is 277 g/mol. The van der Waals surface area contributed by atoms with Gasteiger partial charge in [0, 0.05) is 25.5 Å². The Morgan fingerprint density at radius 3 is 2.80 bits per heavy atom. The molecule has 0 fully saturated rings. The van der Waals surface area contributed by atoms with Gasteiger partial charge in [-0.25, -0.2) is 4.98 Å². The molecule has 0 bridgehead atoms. The molecule has 2 aromatic rings. The second-order valence-corrected chi connectivity index (χ2v) is 4.39. The van der Waals surface area contributed by atoms with Crippen LogP contribution in [0.1, 0.15) is 6.92 Å². The molecule has 0 aliphatic carbocycles. The van der Waals surface area contributed by atoms with Gasteiger partial charge in [0.2, 0.25) is 11.9 Å². The first kappa shape index (κ1) is 14.2. The second-order valence-electron chi connectivity index (χ2n) is 4.39. The summed E-state index contributed by atoms with van der Waals surface area (Å²) in [6, 6.07) is 0.307. The average Bonchev–Trinajstić information content (AvgIpc) is 2.92. The zero-order chi connectivity index (χ0) is 14.4. The number of nitrogens with one attached hydrogen (secondary N) is 1. The molecule has 8 nitrogen and oxygen atoms in total. The quantitative estimate of drug-likeness (QED) is 0.786. The molecule has 1 N–H and O–H groups in total. The normalized spacial score (nSPS) is 10.8. The van der Waals surface area contributed by atoms with E-state index in [0.29, 0.717) is 24.5 Å². The lowest BCUT2D eigenvalue weighted by Crippen LogP contribution is -2.20. The summed E-state index contributed by atoms with van der Waals surface area (Å²) >= 11 is 0. The Labute approximate surface area is 117 Å². The SMILES string of the molecule is CCNc1nc(OCCN(C)C)nc(-n2ccnc2)n1. The number of imidazole rings is 1. The third-order valence-corrected chi connectivity index (χ3v) is 2.44. The molecule has 0 atom stereocenters. The maximum atomic E-state index is 5.56. The summed E-state index contributed by atoms with van der Waals surface area (Å²) in [4.78, 5) is 18.8. The van der Waals surface area contributed by atoms with Crippen LogP contribution >= 0.6 is 0 Å². The topological polar surface area (TPSA) is 81.0 Å². The summed E-state index contributed by atoms with van der Waals surface area (Å²) < 4.78 is 7.27. The minimum Gasteiger partial charge on any atom is -0.462 e. The Balaban J connectivity index is 2.17. The van der Waals surface area contributed by atoms with E-state index in [1.807, 2.05) is 25.9 Å². The Hall–Kier alpha value is -2.22. The van der Waals surface area contributed by atoms with E-state index in [0.717, 1.165) is 13.1 Å². The van der Waals surface area contributed by atoms with Crippen LogP contribution in [0.25, 0.3) is 5.95 Å². The zero-order valence-corrected chi connectivity index (χ0v) is 11.9. The molecule has 8 heteroatoms. The van der Waals surface area contributed by atoms with Crippen molar-refractivity contribution in [3.05, 3.63) is 18.7 Å². The Bertz CT molecular complexity index is 527. The van der Waals surface area contributed by atoms with E-state index in [1.54, 1.807) is 23.3 Å². The van der Waals surface area contributed by atoms with Crippen molar-refractivity contribution in [2.45, 2.75) is 6.92 Å². The highest BCUT2D eigenvalue weighted by molar-refractivity contribution is 5.30. The van der Waals surface area contributed by atoms with Gasteiger partial charge in [-0.05, 0) is 21.0 Å². The molecule has 2 heterocycles. The molecule has 0 amide bonds. The van der Waals surface area contributed by atoms with E-state index in [-0.39, 0.29) is 0 Å². The van der Waals surface area contributed by atoms with Crippen molar-refractivity contribution in [3.63, 3.8) is 0 Å². The van der Waals surface area contributed by atoms with Crippen LogP contribution in [0.4, 0.5) is 5.95 Å². The predicted molar refractivity (Wildman–Crippen MR) is 75.2 cm³/mol. The number of aromatic nitrogens is 5. The molecule has 0 aromatic carbocycles. The molecule has 20 heavy (non-hydrogen) atoms. The number of anilines is 1. The zero-order valence-electron chi connectivity index (χ0n) is 11.9. The van der Waals surface area contributed by atoms with Crippen LogP contribution in [-0.2, 0) is 0 Å². The van der Waals surface area contributed by atoms with Crippen molar-refractivity contribution in [3.8, 4) is 12.0 Å². The molecule has 0 saturated heterocycles. The maximum Gasteiger partial charge on any atom is 0.323 e. The van der Waals surface area contributed by atoms with Crippen molar-refractivity contribution in [2.75, 3.05) is 39.1 Å². The van der Waals surface area contributed by atoms with E-state index >= 15 is 0 Å². The third-order valence-electron chi connectivity index (χ3n) is 2.44. The van der Waals surface area contributed by atoms with Crippen LogP contribution in [-0.4, -0.2) is 63.2 Å². The highest BCUT2D eigenvalue weighted by atomic mass is 16.5. The van der Waals surface area contributed by atoms with Crippen LogP contribution in [0.3, 0.4) is 0 Å². The molecule has 0 radical (unpaired) electrons. The molecule has 2 rings (SSSR count). The number of ether oxygens (including phenoxy) is 1. The van der Waals surface area contributed by atoms with Crippen molar-refractivity contribution >= 4 is 5.95 Å². The molecular weight excluding hydrogens is 258 g/mol. The van der Waals surface area contributed by atoms with Gasteiger partial charge >= 0.3 is 6.01 Å². The summed E-state index contributed by atoms with van der Waals surface area (Å²) in [6.45, 7) is 4.02. The summed E-state index contributed by atoms with van der Waals surface area (Å²) in [5.41, 5.74) is 0. The van der Waals surface area contributed by atoms with Gasteiger partial charge < -0.3 is 15.0 Å². The van der Waals surface area contributed by atoms with Crippen molar-refractivity contribution in [1.29, 1.82) is 0 Å². The van der Waals surface area contributed by atoms with E-state index < -0.39 is 0 Å². The van der Waals surface area contributed by atoms with Crippen molar-refractivity contribution < 1.29 is 4.74 Å². The van der Waals surface area contributed by atoms with E-state index in [1.165, 1.54) is 0 Å². The van der Waals surface area contributed by atoms with Crippen LogP contribution < -0.4 is 10.1 Å². The highest BCUT2D eigenvalue weighted by Crippen LogP contribution is 2.10. The van der Waals surface area contributed by atoms with Crippen molar-refractivity contribution in [2.24, 2.45) is 0 Å². The van der Waals surface area contributed by atoms with E-state index in [4.69, 9.17) is 4.74 Å². The number of hydrogen-bond donors (Lipinski definition) is 1. The second kappa shape index (κ2) is 6.80. The smallest absolute Gasteiger partial charge is 0.323 e.